The van der Waals surface area contributed by atoms with E-state index in [2.05, 4.69) is 0 Å². The molecule has 2 rings (SSSR count). The topological polar surface area (TPSA) is 74.7 Å². The minimum Gasteiger partial charge on any atom is -0.478 e. The molecular formula is C13H14FNO4S. The van der Waals surface area contributed by atoms with Crippen LogP contribution in [0.2, 0.25) is 0 Å². The summed E-state index contributed by atoms with van der Waals surface area (Å²) in [6.07, 6.45) is 2.23. The van der Waals surface area contributed by atoms with E-state index in [4.69, 9.17) is 5.11 Å². The number of benzene rings is 1. The number of carboxylic acids is 1. The molecule has 0 unspecified atom stereocenters. The molecule has 1 heterocycles. The molecule has 0 aliphatic carbocycles. The van der Waals surface area contributed by atoms with Crippen LogP contribution in [0.25, 0.3) is 6.08 Å². The lowest BCUT2D eigenvalue weighted by atomic mass is 10.1. The molecule has 0 amide bonds. The number of carboxylic acid groups (broad SMARTS) is 1. The third-order valence-electron chi connectivity index (χ3n) is 3.03. The molecule has 1 aromatic rings. The molecule has 1 aromatic carbocycles. The molecule has 1 N–H and O–H groups in total. The summed E-state index contributed by atoms with van der Waals surface area (Å²) in [5, 5.41) is 8.56. The fourth-order valence-corrected chi connectivity index (χ4v) is 3.21. The van der Waals surface area contributed by atoms with E-state index in [1.54, 1.807) is 11.0 Å². The molecule has 1 saturated heterocycles. The molecule has 0 aromatic heterocycles. The minimum atomic E-state index is -2.99. The first kappa shape index (κ1) is 14.5. The van der Waals surface area contributed by atoms with Crippen molar-refractivity contribution in [2.24, 2.45) is 0 Å². The van der Waals surface area contributed by atoms with Crippen LogP contribution in [-0.4, -0.2) is 44.1 Å². The Hall–Kier alpha value is -1.89. The Morgan fingerprint density at radius 1 is 1.25 bits per heavy atom. The number of hydrogen-bond donors (Lipinski definition) is 1. The van der Waals surface area contributed by atoms with E-state index in [0.717, 1.165) is 6.08 Å². The van der Waals surface area contributed by atoms with Crippen molar-refractivity contribution in [1.29, 1.82) is 0 Å². The lowest BCUT2D eigenvalue weighted by Crippen LogP contribution is -2.40. The number of halogens is 1. The van der Waals surface area contributed by atoms with Crippen LogP contribution in [0.1, 0.15) is 5.56 Å². The molecule has 7 heteroatoms. The minimum absolute atomic E-state index is 0.0454. The largest absolute Gasteiger partial charge is 0.478 e. The highest BCUT2D eigenvalue weighted by atomic mass is 32.2. The number of anilines is 1. The third kappa shape index (κ3) is 3.80. The molecule has 1 aliphatic rings. The first-order valence-corrected chi connectivity index (χ1v) is 7.85. The van der Waals surface area contributed by atoms with Gasteiger partial charge in [0.2, 0.25) is 0 Å². The normalized spacial score (nSPS) is 18.4. The predicted octanol–water partition coefficient (Wildman–Crippen LogP) is 1.16. The van der Waals surface area contributed by atoms with E-state index >= 15 is 0 Å². The Morgan fingerprint density at radius 3 is 2.50 bits per heavy atom. The van der Waals surface area contributed by atoms with E-state index in [1.807, 2.05) is 0 Å². The van der Waals surface area contributed by atoms with Gasteiger partial charge in [-0.1, -0.05) is 0 Å². The van der Waals surface area contributed by atoms with Crippen LogP contribution >= 0.6 is 0 Å². The van der Waals surface area contributed by atoms with Crippen molar-refractivity contribution in [1.82, 2.24) is 0 Å². The highest BCUT2D eigenvalue weighted by molar-refractivity contribution is 7.91. The quantitative estimate of drug-likeness (QED) is 0.848. The maximum absolute atomic E-state index is 13.5. The predicted molar refractivity (Wildman–Crippen MR) is 73.9 cm³/mol. The average Bonchev–Trinajstić information content (AvgIpc) is 2.35. The van der Waals surface area contributed by atoms with Gasteiger partial charge in [0.15, 0.2) is 9.84 Å². The van der Waals surface area contributed by atoms with Crippen molar-refractivity contribution in [2.75, 3.05) is 29.5 Å². The number of rotatable bonds is 3. The van der Waals surface area contributed by atoms with Gasteiger partial charge in [-0.05, 0) is 29.8 Å². The summed E-state index contributed by atoms with van der Waals surface area (Å²) in [6, 6.07) is 4.18. The number of carbonyl (C=O) groups is 1. The Labute approximate surface area is 116 Å². The van der Waals surface area contributed by atoms with Gasteiger partial charge < -0.3 is 10.0 Å². The molecule has 20 heavy (non-hydrogen) atoms. The second-order valence-corrected chi connectivity index (χ2v) is 6.86. The molecule has 1 fully saturated rings. The van der Waals surface area contributed by atoms with E-state index in [1.165, 1.54) is 18.2 Å². The zero-order chi connectivity index (χ0) is 14.8. The van der Waals surface area contributed by atoms with E-state index in [0.29, 0.717) is 24.3 Å². The monoisotopic (exact) mass is 299 g/mol. The molecule has 5 nitrogen and oxygen atoms in total. The number of sulfone groups is 1. The smallest absolute Gasteiger partial charge is 0.328 e. The first-order valence-electron chi connectivity index (χ1n) is 6.03. The SMILES string of the molecule is O=C(O)/C=C/c1cc(F)cc(N2CCS(=O)(=O)CC2)c1. The average molecular weight is 299 g/mol. The Balaban J connectivity index is 2.22. The molecule has 0 saturated carbocycles. The fourth-order valence-electron chi connectivity index (χ4n) is 2.01. The summed E-state index contributed by atoms with van der Waals surface area (Å²) in [7, 11) is -2.99. The van der Waals surface area contributed by atoms with Crippen molar-refractivity contribution < 1.29 is 22.7 Å². The molecule has 0 radical (unpaired) electrons. The maximum Gasteiger partial charge on any atom is 0.328 e. The van der Waals surface area contributed by atoms with Crippen LogP contribution in [0.15, 0.2) is 24.3 Å². The van der Waals surface area contributed by atoms with Gasteiger partial charge in [-0.3, -0.25) is 0 Å². The lowest BCUT2D eigenvalue weighted by Gasteiger charge is -2.29. The number of hydrogen-bond acceptors (Lipinski definition) is 4. The van der Waals surface area contributed by atoms with Crippen LogP contribution in [0.5, 0.6) is 0 Å². The standard InChI is InChI=1S/C13H14FNO4S/c14-11-7-10(1-2-13(16)17)8-12(9-11)15-3-5-20(18,19)6-4-15/h1-2,7-9H,3-6H2,(H,16,17)/b2-1+. The van der Waals surface area contributed by atoms with Gasteiger partial charge in [0.25, 0.3) is 0 Å². The van der Waals surface area contributed by atoms with Crippen LogP contribution in [0, 0.1) is 5.82 Å². The summed E-state index contributed by atoms with van der Waals surface area (Å²) >= 11 is 0. The summed E-state index contributed by atoms with van der Waals surface area (Å²) in [4.78, 5) is 12.2. The summed E-state index contributed by atoms with van der Waals surface area (Å²) in [6.45, 7) is 0.627. The molecular weight excluding hydrogens is 285 g/mol. The maximum atomic E-state index is 13.5. The van der Waals surface area contributed by atoms with E-state index in [-0.39, 0.29) is 11.5 Å². The highest BCUT2D eigenvalue weighted by Crippen LogP contribution is 2.21. The summed E-state index contributed by atoms with van der Waals surface area (Å²) < 4.78 is 36.3. The second-order valence-electron chi connectivity index (χ2n) is 4.55. The second kappa shape index (κ2) is 5.62. The van der Waals surface area contributed by atoms with Crippen LogP contribution < -0.4 is 4.90 Å². The van der Waals surface area contributed by atoms with Gasteiger partial charge >= 0.3 is 5.97 Å². The van der Waals surface area contributed by atoms with E-state index in [9.17, 15) is 17.6 Å². The summed E-state index contributed by atoms with van der Waals surface area (Å²) in [5.74, 6) is -1.51. The molecule has 0 spiro atoms. The third-order valence-corrected chi connectivity index (χ3v) is 4.64. The van der Waals surface area contributed by atoms with E-state index < -0.39 is 21.6 Å². The van der Waals surface area contributed by atoms with Crippen molar-refractivity contribution in [3.63, 3.8) is 0 Å². The Morgan fingerprint density at radius 2 is 1.90 bits per heavy atom. The Bertz CT molecular complexity index is 640. The zero-order valence-electron chi connectivity index (χ0n) is 10.6. The number of aliphatic carboxylic acids is 1. The molecule has 0 atom stereocenters. The number of nitrogens with zero attached hydrogens (tertiary/aromatic N) is 1. The fraction of sp³-hybridized carbons (Fsp3) is 0.308. The van der Waals surface area contributed by atoms with Crippen molar-refractivity contribution >= 4 is 27.6 Å². The van der Waals surface area contributed by atoms with Gasteiger partial charge in [-0.15, -0.1) is 0 Å². The summed E-state index contributed by atoms with van der Waals surface area (Å²) in [5.41, 5.74) is 0.987. The Kier molecular flexibility index (Phi) is 4.08. The van der Waals surface area contributed by atoms with Gasteiger partial charge in [0.1, 0.15) is 5.82 Å². The van der Waals surface area contributed by atoms with Gasteiger partial charge in [-0.2, -0.15) is 0 Å². The van der Waals surface area contributed by atoms with Crippen molar-refractivity contribution in [3.8, 4) is 0 Å². The molecule has 1 aliphatic heterocycles. The first-order chi connectivity index (χ1) is 9.35. The molecule has 0 bridgehead atoms. The van der Waals surface area contributed by atoms with Crippen LogP contribution in [-0.2, 0) is 14.6 Å². The highest BCUT2D eigenvalue weighted by Gasteiger charge is 2.22. The lowest BCUT2D eigenvalue weighted by molar-refractivity contribution is -0.131. The van der Waals surface area contributed by atoms with Gasteiger partial charge in [-0.25, -0.2) is 17.6 Å². The van der Waals surface area contributed by atoms with Gasteiger partial charge in [0, 0.05) is 24.9 Å². The van der Waals surface area contributed by atoms with Crippen LogP contribution in [0.4, 0.5) is 10.1 Å². The van der Waals surface area contributed by atoms with Crippen molar-refractivity contribution in [3.05, 3.63) is 35.7 Å². The molecule has 108 valence electrons. The van der Waals surface area contributed by atoms with Crippen LogP contribution in [0.3, 0.4) is 0 Å². The zero-order valence-corrected chi connectivity index (χ0v) is 11.4. The van der Waals surface area contributed by atoms with Crippen molar-refractivity contribution in [2.45, 2.75) is 0 Å². The van der Waals surface area contributed by atoms with Gasteiger partial charge in [0.05, 0.1) is 11.5 Å².